The number of hydrogen-bond acceptors (Lipinski definition) is 4. The highest BCUT2D eigenvalue weighted by molar-refractivity contribution is 5.77. The van der Waals surface area contributed by atoms with E-state index in [1.54, 1.807) is 17.8 Å². The zero-order valence-corrected chi connectivity index (χ0v) is 12.7. The fraction of sp³-hybridized carbons (Fsp3) is 0.625. The van der Waals surface area contributed by atoms with Gasteiger partial charge in [0.2, 0.25) is 5.82 Å². The number of nitrogens with zero attached hydrogens (tertiary/aromatic N) is 3. The van der Waals surface area contributed by atoms with Gasteiger partial charge >= 0.3 is 0 Å². The Morgan fingerprint density at radius 3 is 2.55 bits per heavy atom. The maximum atomic E-state index is 14.6. The molecule has 6 heteroatoms. The van der Waals surface area contributed by atoms with Crippen LogP contribution in [0.4, 0.5) is 4.39 Å². The first-order valence-corrected chi connectivity index (χ1v) is 8.06. The van der Waals surface area contributed by atoms with E-state index in [0.717, 1.165) is 25.7 Å². The number of ether oxygens (including phenoxy) is 2. The van der Waals surface area contributed by atoms with E-state index >= 15 is 0 Å². The molecule has 0 saturated heterocycles. The molecule has 2 aromatic rings. The molecule has 2 fully saturated rings. The smallest absolute Gasteiger partial charge is 0.297 e. The Morgan fingerprint density at radius 1 is 1.09 bits per heavy atom. The van der Waals surface area contributed by atoms with Crippen LogP contribution in [0.5, 0.6) is 11.9 Å². The van der Waals surface area contributed by atoms with E-state index in [4.69, 9.17) is 9.47 Å². The van der Waals surface area contributed by atoms with Crippen molar-refractivity contribution in [3.05, 3.63) is 12.0 Å². The summed E-state index contributed by atoms with van der Waals surface area (Å²) in [5, 5.41) is 0. The first-order chi connectivity index (χ1) is 10.7. The molecule has 2 aliphatic carbocycles. The highest BCUT2D eigenvalue weighted by Gasteiger charge is 2.27. The molecule has 5 nitrogen and oxygen atoms in total. The molecule has 2 aliphatic rings. The molecule has 2 aromatic heterocycles. The molecule has 0 bridgehead atoms. The summed E-state index contributed by atoms with van der Waals surface area (Å²) in [6.45, 7) is 0. The highest BCUT2D eigenvalue weighted by Crippen LogP contribution is 2.32. The van der Waals surface area contributed by atoms with Gasteiger partial charge in [-0.1, -0.05) is 6.42 Å². The zero-order chi connectivity index (χ0) is 15.1. The van der Waals surface area contributed by atoms with Crippen LogP contribution < -0.4 is 9.47 Å². The highest BCUT2D eigenvalue weighted by atomic mass is 19.1. The van der Waals surface area contributed by atoms with Gasteiger partial charge in [0.25, 0.3) is 11.9 Å². The van der Waals surface area contributed by atoms with Crippen LogP contribution in [0.25, 0.3) is 11.0 Å². The van der Waals surface area contributed by atoms with Crippen molar-refractivity contribution in [3.8, 4) is 11.9 Å². The van der Waals surface area contributed by atoms with Crippen LogP contribution in [0.3, 0.4) is 0 Å². The molecule has 0 unspecified atom stereocenters. The fourth-order valence-corrected chi connectivity index (χ4v) is 2.99. The van der Waals surface area contributed by atoms with E-state index in [9.17, 15) is 4.39 Å². The Bertz CT molecular complexity index is 690. The summed E-state index contributed by atoms with van der Waals surface area (Å²) in [6, 6.07) is 0.464. The second-order valence-electron chi connectivity index (χ2n) is 6.26. The molecule has 2 saturated carbocycles. The number of aromatic nitrogens is 3. The van der Waals surface area contributed by atoms with E-state index in [1.165, 1.54) is 19.3 Å². The maximum absolute atomic E-state index is 14.6. The third-order valence-corrected chi connectivity index (χ3v) is 4.41. The van der Waals surface area contributed by atoms with Gasteiger partial charge in [-0.3, -0.25) is 4.57 Å². The van der Waals surface area contributed by atoms with Gasteiger partial charge in [-0.05, 0) is 38.5 Å². The lowest BCUT2D eigenvalue weighted by atomic mass is 9.98. The molecule has 0 radical (unpaired) electrons. The average Bonchev–Trinajstić information content (AvgIpc) is 3.28. The molecule has 2 heterocycles. The first kappa shape index (κ1) is 13.8. The normalized spacial score (nSPS) is 19.5. The minimum Gasteiger partial charge on any atom is -0.472 e. The van der Waals surface area contributed by atoms with Gasteiger partial charge in [-0.25, -0.2) is 4.98 Å². The van der Waals surface area contributed by atoms with Gasteiger partial charge < -0.3 is 9.47 Å². The Labute approximate surface area is 128 Å². The molecule has 0 N–H and O–H groups in total. The number of aryl methyl sites for hydroxylation is 1. The van der Waals surface area contributed by atoms with Crippen molar-refractivity contribution in [1.82, 2.24) is 14.5 Å². The van der Waals surface area contributed by atoms with Gasteiger partial charge in [-0.2, -0.15) is 9.37 Å². The van der Waals surface area contributed by atoms with Crippen LogP contribution in [0.15, 0.2) is 6.20 Å². The summed E-state index contributed by atoms with van der Waals surface area (Å²) in [5.41, 5.74) is 0.908. The summed E-state index contributed by atoms with van der Waals surface area (Å²) >= 11 is 0. The molecule has 118 valence electrons. The molecular weight excluding hydrogens is 285 g/mol. The fourth-order valence-electron chi connectivity index (χ4n) is 2.99. The van der Waals surface area contributed by atoms with Gasteiger partial charge in [0, 0.05) is 7.05 Å². The summed E-state index contributed by atoms with van der Waals surface area (Å²) in [4.78, 5) is 8.44. The van der Waals surface area contributed by atoms with Crippen molar-refractivity contribution < 1.29 is 13.9 Å². The average molecular weight is 305 g/mol. The Balaban J connectivity index is 1.64. The first-order valence-electron chi connectivity index (χ1n) is 8.06. The predicted molar refractivity (Wildman–Crippen MR) is 79.6 cm³/mol. The van der Waals surface area contributed by atoms with Gasteiger partial charge in [0.1, 0.15) is 23.2 Å². The number of rotatable bonds is 4. The SMILES string of the molecule is Cn1c(OC2CCCCC2)nc2cnc(OC3CC3)c(F)c21. The predicted octanol–water partition coefficient (Wildman–Crippen LogP) is 3.36. The van der Waals surface area contributed by atoms with E-state index in [2.05, 4.69) is 9.97 Å². The van der Waals surface area contributed by atoms with Crippen molar-refractivity contribution >= 4 is 11.0 Å². The molecule has 0 spiro atoms. The van der Waals surface area contributed by atoms with Crippen LogP contribution >= 0.6 is 0 Å². The Kier molecular flexibility index (Phi) is 3.39. The van der Waals surface area contributed by atoms with Crippen LogP contribution in [0.2, 0.25) is 0 Å². The van der Waals surface area contributed by atoms with Crippen molar-refractivity contribution in [2.75, 3.05) is 0 Å². The number of halogens is 1. The second-order valence-corrected chi connectivity index (χ2v) is 6.26. The lowest BCUT2D eigenvalue weighted by Gasteiger charge is -2.22. The van der Waals surface area contributed by atoms with Crippen molar-refractivity contribution in [2.24, 2.45) is 7.05 Å². The lowest BCUT2D eigenvalue weighted by Crippen LogP contribution is -2.21. The minimum absolute atomic E-state index is 0.0715. The van der Waals surface area contributed by atoms with Crippen LogP contribution in [0, 0.1) is 5.82 Å². The van der Waals surface area contributed by atoms with E-state index in [0.29, 0.717) is 17.0 Å². The summed E-state index contributed by atoms with van der Waals surface area (Å²) in [6.07, 6.45) is 9.52. The Morgan fingerprint density at radius 2 is 1.82 bits per heavy atom. The third kappa shape index (κ3) is 2.51. The molecule has 4 rings (SSSR count). The van der Waals surface area contributed by atoms with E-state index in [1.807, 2.05) is 0 Å². The number of imidazole rings is 1. The van der Waals surface area contributed by atoms with E-state index < -0.39 is 5.82 Å². The van der Waals surface area contributed by atoms with Crippen LogP contribution in [-0.4, -0.2) is 26.7 Å². The minimum atomic E-state index is -0.446. The van der Waals surface area contributed by atoms with Crippen molar-refractivity contribution in [3.63, 3.8) is 0 Å². The van der Waals surface area contributed by atoms with Crippen molar-refractivity contribution in [2.45, 2.75) is 57.2 Å². The number of hydrogen-bond donors (Lipinski definition) is 0. The number of fused-ring (bicyclic) bond motifs is 1. The number of pyridine rings is 1. The standard InChI is InChI=1S/C16H20FN3O2/c1-20-14-12(9-18-15(13(14)17)21-11-7-8-11)19-16(20)22-10-5-3-2-4-6-10/h9-11H,2-8H2,1H3. The van der Waals surface area contributed by atoms with Crippen molar-refractivity contribution in [1.29, 1.82) is 0 Å². The molecule has 0 aromatic carbocycles. The summed E-state index contributed by atoms with van der Waals surface area (Å²) in [5.74, 6) is -0.375. The molecule has 0 aliphatic heterocycles. The van der Waals surface area contributed by atoms with E-state index in [-0.39, 0.29) is 18.1 Å². The third-order valence-electron chi connectivity index (χ3n) is 4.41. The summed E-state index contributed by atoms with van der Waals surface area (Å²) in [7, 11) is 1.78. The van der Waals surface area contributed by atoms with Gasteiger partial charge in [0.05, 0.1) is 6.20 Å². The largest absolute Gasteiger partial charge is 0.472 e. The topological polar surface area (TPSA) is 49.2 Å². The zero-order valence-electron chi connectivity index (χ0n) is 12.7. The molecule has 22 heavy (non-hydrogen) atoms. The van der Waals surface area contributed by atoms with Crippen LogP contribution in [0.1, 0.15) is 44.9 Å². The molecular formula is C16H20FN3O2. The van der Waals surface area contributed by atoms with Gasteiger partial charge in [0.15, 0.2) is 0 Å². The lowest BCUT2D eigenvalue weighted by molar-refractivity contribution is 0.138. The molecule has 0 amide bonds. The monoisotopic (exact) mass is 305 g/mol. The maximum Gasteiger partial charge on any atom is 0.297 e. The van der Waals surface area contributed by atoms with Gasteiger partial charge in [-0.15, -0.1) is 0 Å². The Hall–Kier alpha value is -1.85. The molecule has 0 atom stereocenters. The summed E-state index contributed by atoms with van der Waals surface area (Å²) < 4.78 is 27.8. The second kappa shape index (κ2) is 5.41. The quantitative estimate of drug-likeness (QED) is 0.869. The van der Waals surface area contributed by atoms with Crippen LogP contribution in [-0.2, 0) is 7.05 Å².